The quantitative estimate of drug-likeness (QED) is 0.363. The smallest absolute Gasteiger partial charge is 0.321 e. The van der Waals surface area contributed by atoms with E-state index in [2.05, 4.69) is 0 Å². The molecule has 0 aliphatic heterocycles. The van der Waals surface area contributed by atoms with Gasteiger partial charge < -0.3 is 5.32 Å². The minimum atomic E-state index is -8.05. The molecular weight excluding hydrogens is 565 g/mol. The summed E-state index contributed by atoms with van der Waals surface area (Å²) < 4.78 is 225. The van der Waals surface area contributed by atoms with Crippen LogP contribution in [0.1, 0.15) is 0 Å². The molecule has 4 nitrogen and oxygen atoms in total. The van der Waals surface area contributed by atoms with Crippen molar-refractivity contribution < 1.29 is 88.9 Å². The van der Waals surface area contributed by atoms with Crippen molar-refractivity contribution in [2.75, 3.05) is 5.32 Å². The number of ether oxygens (including phenoxy) is 2. The Bertz CT molecular complexity index is 926. The highest BCUT2D eigenvalue weighted by atomic mass is 19.4. The van der Waals surface area contributed by atoms with E-state index in [1.807, 2.05) is 4.74 Å². The highest BCUT2D eigenvalue weighted by Gasteiger charge is 2.85. The van der Waals surface area contributed by atoms with Crippen LogP contribution >= 0.6 is 0 Å². The molecule has 0 bridgehead atoms. The zero-order valence-electron chi connectivity index (χ0n) is 16.0. The van der Waals surface area contributed by atoms with E-state index in [1.165, 1.54) is 4.74 Å². The minimum absolute atomic E-state index is 0.630. The number of nitrogens with one attached hydrogen (secondary N) is 1. The summed E-state index contributed by atoms with van der Waals surface area (Å²) in [6, 6.07) is 4.19. The molecule has 1 aromatic rings. The maximum atomic E-state index is 14.3. The van der Waals surface area contributed by atoms with Crippen LogP contribution in [-0.2, 0) is 14.3 Å². The second-order valence-electron chi connectivity index (χ2n) is 6.32. The maximum absolute atomic E-state index is 14.3. The fraction of sp³-hybridized carbons (Fsp3) is 0.533. The number of para-hydroxylation sites is 1. The van der Waals surface area contributed by atoms with Gasteiger partial charge in [-0.25, -0.2) is 0 Å². The van der Waals surface area contributed by atoms with Crippen LogP contribution < -0.4 is 5.32 Å². The summed E-state index contributed by atoms with van der Waals surface area (Å²) in [5, 5.41) is 0.841. The van der Waals surface area contributed by atoms with E-state index in [0.717, 1.165) is 23.5 Å². The van der Waals surface area contributed by atoms with Crippen molar-refractivity contribution in [2.24, 2.45) is 0 Å². The van der Waals surface area contributed by atoms with Gasteiger partial charge in [0.05, 0.1) is 0 Å². The lowest BCUT2D eigenvalue weighted by Gasteiger charge is -2.40. The maximum Gasteiger partial charge on any atom is 0.462 e. The van der Waals surface area contributed by atoms with Gasteiger partial charge in [0.15, 0.2) is 0 Å². The zero-order chi connectivity index (χ0) is 28.8. The van der Waals surface area contributed by atoms with Crippen LogP contribution in [0.25, 0.3) is 0 Å². The highest BCUT2D eigenvalue weighted by molar-refractivity contribution is 5.96. The first-order valence-corrected chi connectivity index (χ1v) is 8.14. The van der Waals surface area contributed by atoms with E-state index in [9.17, 15) is 79.4 Å². The summed E-state index contributed by atoms with van der Waals surface area (Å²) >= 11 is 0. The van der Waals surface area contributed by atoms with Crippen LogP contribution in [0.2, 0.25) is 0 Å². The highest BCUT2D eigenvalue weighted by Crippen LogP contribution is 2.56. The molecule has 0 radical (unpaired) electrons. The Hall–Kier alpha value is -2.58. The van der Waals surface area contributed by atoms with Gasteiger partial charge in [0, 0.05) is 5.69 Å². The lowest BCUT2D eigenvalue weighted by molar-refractivity contribution is -0.548. The first kappa shape index (κ1) is 31.4. The number of hydrogen-bond donors (Lipinski definition) is 1. The molecule has 0 unspecified atom stereocenters. The van der Waals surface area contributed by atoms with Crippen molar-refractivity contribution in [3.63, 3.8) is 0 Å². The van der Waals surface area contributed by atoms with Crippen molar-refractivity contribution in [3.05, 3.63) is 30.3 Å². The first-order chi connectivity index (χ1) is 15.7. The van der Waals surface area contributed by atoms with Crippen LogP contribution in [0, 0.1) is 0 Å². The molecule has 36 heavy (non-hydrogen) atoms. The molecule has 2 atom stereocenters. The number of alkyl halides is 17. The zero-order valence-corrected chi connectivity index (χ0v) is 16.0. The molecular formula is C15H6F17NO3. The molecule has 0 aliphatic rings. The summed E-state index contributed by atoms with van der Waals surface area (Å²) in [6.07, 6.45) is -38.5. The molecule has 0 heterocycles. The molecule has 1 N–H and O–H groups in total. The molecule has 1 rings (SSSR count). The number of anilines is 1. The lowest BCUT2D eigenvalue weighted by Crippen LogP contribution is -2.68. The van der Waals surface area contributed by atoms with Crippen LogP contribution in [0.3, 0.4) is 0 Å². The molecule has 0 aromatic heterocycles. The molecule has 0 saturated heterocycles. The number of carbonyl (C=O) groups excluding carboxylic acids is 1. The molecule has 1 amide bonds. The average Bonchev–Trinajstić information content (AvgIpc) is 2.65. The SMILES string of the molecule is O=C(Nc1ccccc1)[C@@](F)(OC(F)(F)[C@](F)(OC(F)(F)C(F)(F)C(F)(F)F)C(F)(F)F)C(F)(F)F. The van der Waals surface area contributed by atoms with Crippen LogP contribution in [0.15, 0.2) is 30.3 Å². The van der Waals surface area contributed by atoms with Gasteiger partial charge in [-0.1, -0.05) is 18.2 Å². The molecule has 1 aromatic carbocycles. The molecule has 21 heteroatoms. The summed E-state index contributed by atoms with van der Waals surface area (Å²) in [7, 11) is 0. The Kier molecular flexibility index (Phi) is 7.92. The fourth-order valence-electron chi connectivity index (χ4n) is 1.90. The summed E-state index contributed by atoms with van der Waals surface area (Å²) in [5.74, 6) is -26.2. The summed E-state index contributed by atoms with van der Waals surface area (Å²) in [4.78, 5) is 11.6. The predicted octanol–water partition coefficient (Wildman–Crippen LogP) is 6.50. The number of benzene rings is 1. The van der Waals surface area contributed by atoms with Gasteiger partial charge >= 0.3 is 48.4 Å². The number of rotatable bonds is 8. The Balaban J connectivity index is 3.61. The number of amides is 1. The van der Waals surface area contributed by atoms with E-state index in [-0.39, 0.29) is 0 Å². The minimum Gasteiger partial charge on any atom is -0.321 e. The molecule has 0 aliphatic carbocycles. The Morgan fingerprint density at radius 1 is 0.583 bits per heavy atom. The Morgan fingerprint density at radius 3 is 1.39 bits per heavy atom. The second kappa shape index (κ2) is 9.06. The van der Waals surface area contributed by atoms with Gasteiger partial charge in [-0.15, -0.1) is 0 Å². The third kappa shape index (κ3) is 5.54. The second-order valence-corrected chi connectivity index (χ2v) is 6.32. The van der Waals surface area contributed by atoms with E-state index >= 15 is 0 Å². The Labute approximate surface area is 185 Å². The number of carbonyl (C=O) groups is 1. The monoisotopic (exact) mass is 571 g/mol. The van der Waals surface area contributed by atoms with Gasteiger partial charge in [-0.2, -0.15) is 74.6 Å². The topological polar surface area (TPSA) is 47.6 Å². The van der Waals surface area contributed by atoms with Gasteiger partial charge in [0.25, 0.3) is 5.91 Å². The molecule has 0 spiro atoms. The summed E-state index contributed by atoms with van der Waals surface area (Å²) in [5.41, 5.74) is -0.893. The van der Waals surface area contributed by atoms with E-state index in [0.29, 0.717) is 12.1 Å². The fourth-order valence-corrected chi connectivity index (χ4v) is 1.90. The third-order valence-corrected chi connectivity index (χ3v) is 3.69. The van der Waals surface area contributed by atoms with Crippen molar-refractivity contribution in [1.82, 2.24) is 0 Å². The van der Waals surface area contributed by atoms with Crippen molar-refractivity contribution in [1.29, 1.82) is 0 Å². The van der Waals surface area contributed by atoms with Gasteiger partial charge in [-0.3, -0.25) is 14.3 Å². The normalized spacial score (nSPS) is 17.8. The average molecular weight is 571 g/mol. The third-order valence-electron chi connectivity index (χ3n) is 3.69. The number of halogens is 17. The lowest BCUT2D eigenvalue weighted by atomic mass is 10.2. The standard InChI is InChI=1S/C15H6F17NO3/c16-8(11(20,21)22,7(34)33-6-4-2-1-3-5-6)35-15(31,32)10(19,13(26,27)28)36-14(29,30)9(17,18)12(23,24)25/h1-5H,(H,33,34)/t8-,10-/m1/s1. The molecule has 0 saturated carbocycles. The van der Waals surface area contributed by atoms with Crippen molar-refractivity contribution in [3.8, 4) is 0 Å². The van der Waals surface area contributed by atoms with Crippen LogP contribution in [-0.4, -0.2) is 54.3 Å². The van der Waals surface area contributed by atoms with Crippen LogP contribution in [0.5, 0.6) is 0 Å². The number of hydrogen-bond acceptors (Lipinski definition) is 3. The van der Waals surface area contributed by atoms with Crippen molar-refractivity contribution in [2.45, 2.75) is 48.4 Å². The first-order valence-electron chi connectivity index (χ1n) is 8.14. The van der Waals surface area contributed by atoms with E-state index in [4.69, 9.17) is 0 Å². The molecule has 208 valence electrons. The van der Waals surface area contributed by atoms with Crippen molar-refractivity contribution >= 4 is 11.6 Å². The van der Waals surface area contributed by atoms with Crippen LogP contribution in [0.4, 0.5) is 80.3 Å². The van der Waals surface area contributed by atoms with Gasteiger partial charge in [-0.05, 0) is 12.1 Å². The predicted molar refractivity (Wildman–Crippen MR) is 77.9 cm³/mol. The van der Waals surface area contributed by atoms with E-state index in [1.54, 1.807) is 0 Å². The van der Waals surface area contributed by atoms with E-state index < -0.39 is 60.0 Å². The molecule has 0 fully saturated rings. The summed E-state index contributed by atoms with van der Waals surface area (Å²) in [6.45, 7) is 0. The van der Waals surface area contributed by atoms with Gasteiger partial charge in [0.1, 0.15) is 0 Å². The largest absolute Gasteiger partial charge is 0.462 e. The Morgan fingerprint density at radius 2 is 1.03 bits per heavy atom. The van der Waals surface area contributed by atoms with Gasteiger partial charge in [0.2, 0.25) is 0 Å².